The Bertz CT molecular complexity index is 913. The van der Waals surface area contributed by atoms with Gasteiger partial charge >= 0.3 is 0 Å². The Morgan fingerprint density at radius 1 is 1.23 bits per heavy atom. The van der Waals surface area contributed by atoms with E-state index in [1.807, 2.05) is 38.2 Å². The molecule has 1 aromatic carbocycles. The molecule has 2 aromatic rings. The topological polar surface area (TPSA) is 54.3 Å². The molecule has 3 rings (SSSR count). The average Bonchev–Trinajstić information content (AvgIpc) is 2.96. The van der Waals surface area contributed by atoms with Crippen molar-refractivity contribution in [1.29, 1.82) is 0 Å². The predicted molar refractivity (Wildman–Crippen MR) is 108 cm³/mol. The van der Waals surface area contributed by atoms with Gasteiger partial charge in [0.2, 0.25) is 0 Å². The Labute approximate surface area is 158 Å². The van der Waals surface area contributed by atoms with Gasteiger partial charge in [-0.25, -0.2) is 0 Å². The molecule has 2 amide bonds. The van der Waals surface area contributed by atoms with E-state index < -0.39 is 5.91 Å². The molecule has 1 aromatic heterocycles. The fourth-order valence-electron chi connectivity index (χ4n) is 3.23. The second-order valence-electron chi connectivity index (χ2n) is 6.54. The minimum atomic E-state index is -0.438. The van der Waals surface area contributed by atoms with Crippen molar-refractivity contribution in [3.8, 4) is 0 Å². The summed E-state index contributed by atoms with van der Waals surface area (Å²) in [6, 6.07) is 7.95. The first kappa shape index (κ1) is 18.3. The SMILES string of the molecule is CCCn1cc(C=C2C(=O)NC(=S)N(C(C)CC)C2=O)c2ccccc21. The summed E-state index contributed by atoms with van der Waals surface area (Å²) >= 11 is 5.20. The second kappa shape index (κ2) is 7.41. The van der Waals surface area contributed by atoms with Crippen LogP contribution in [0.3, 0.4) is 0 Å². The Hall–Kier alpha value is -2.47. The van der Waals surface area contributed by atoms with Crippen LogP contribution in [-0.2, 0) is 16.1 Å². The molecule has 0 radical (unpaired) electrons. The van der Waals surface area contributed by atoms with E-state index in [-0.39, 0.29) is 22.6 Å². The molecule has 136 valence electrons. The van der Waals surface area contributed by atoms with E-state index in [0.29, 0.717) is 0 Å². The molecule has 0 aliphatic carbocycles. The van der Waals surface area contributed by atoms with Crippen LogP contribution in [0.1, 0.15) is 39.2 Å². The number of fused-ring (bicyclic) bond motifs is 1. The van der Waals surface area contributed by atoms with Crippen LogP contribution in [-0.4, -0.2) is 32.4 Å². The summed E-state index contributed by atoms with van der Waals surface area (Å²) in [4.78, 5) is 26.8. The molecular weight excluding hydrogens is 346 g/mol. The molecule has 1 aliphatic heterocycles. The lowest BCUT2D eigenvalue weighted by Gasteiger charge is -2.33. The monoisotopic (exact) mass is 369 g/mol. The summed E-state index contributed by atoms with van der Waals surface area (Å²) < 4.78 is 2.16. The zero-order valence-electron chi connectivity index (χ0n) is 15.3. The highest BCUT2D eigenvalue weighted by Crippen LogP contribution is 2.25. The minimum absolute atomic E-state index is 0.0690. The van der Waals surface area contributed by atoms with Gasteiger partial charge in [-0.05, 0) is 44.1 Å². The number of benzene rings is 1. The fraction of sp³-hybridized carbons (Fsp3) is 0.350. The largest absolute Gasteiger partial charge is 0.347 e. The van der Waals surface area contributed by atoms with Crippen molar-refractivity contribution in [2.75, 3.05) is 0 Å². The van der Waals surface area contributed by atoms with Gasteiger partial charge in [0, 0.05) is 35.2 Å². The predicted octanol–water partition coefficient (Wildman–Crippen LogP) is 3.48. The van der Waals surface area contributed by atoms with Crippen molar-refractivity contribution in [3.05, 3.63) is 41.6 Å². The first-order valence-corrected chi connectivity index (χ1v) is 9.37. The van der Waals surface area contributed by atoms with Crippen LogP contribution in [0.4, 0.5) is 0 Å². The zero-order valence-corrected chi connectivity index (χ0v) is 16.1. The van der Waals surface area contributed by atoms with E-state index in [4.69, 9.17) is 12.2 Å². The summed E-state index contributed by atoms with van der Waals surface area (Å²) in [7, 11) is 0. The Kier molecular flexibility index (Phi) is 5.23. The number of hydrogen-bond donors (Lipinski definition) is 1. The minimum Gasteiger partial charge on any atom is -0.347 e. The van der Waals surface area contributed by atoms with Gasteiger partial charge in [-0.15, -0.1) is 0 Å². The molecular formula is C20H23N3O2S. The first-order chi connectivity index (χ1) is 12.5. The van der Waals surface area contributed by atoms with E-state index in [1.165, 1.54) is 4.90 Å². The molecule has 1 unspecified atom stereocenters. The summed E-state index contributed by atoms with van der Waals surface area (Å²) in [5.41, 5.74) is 2.09. The quantitative estimate of drug-likeness (QED) is 0.499. The van der Waals surface area contributed by atoms with Crippen molar-refractivity contribution >= 4 is 46.1 Å². The normalized spacial score (nSPS) is 17.9. The van der Waals surface area contributed by atoms with Crippen molar-refractivity contribution in [2.45, 2.75) is 46.2 Å². The molecule has 6 heteroatoms. The summed E-state index contributed by atoms with van der Waals surface area (Å²) in [5, 5.41) is 3.85. The lowest BCUT2D eigenvalue weighted by Crippen LogP contribution is -2.56. The maximum atomic E-state index is 12.9. The van der Waals surface area contributed by atoms with Crippen LogP contribution < -0.4 is 5.32 Å². The highest BCUT2D eigenvalue weighted by atomic mass is 32.1. The van der Waals surface area contributed by atoms with Crippen LogP contribution in [0.15, 0.2) is 36.0 Å². The number of aryl methyl sites for hydroxylation is 1. The molecule has 1 atom stereocenters. The highest BCUT2D eigenvalue weighted by Gasteiger charge is 2.35. The van der Waals surface area contributed by atoms with E-state index in [2.05, 4.69) is 22.9 Å². The van der Waals surface area contributed by atoms with Crippen LogP contribution >= 0.6 is 12.2 Å². The first-order valence-electron chi connectivity index (χ1n) is 8.96. The summed E-state index contributed by atoms with van der Waals surface area (Å²) in [6.07, 6.45) is 5.44. The lowest BCUT2D eigenvalue weighted by molar-refractivity contribution is -0.130. The molecule has 0 bridgehead atoms. The average molecular weight is 369 g/mol. The number of rotatable bonds is 5. The number of nitrogens with one attached hydrogen (secondary N) is 1. The Morgan fingerprint density at radius 3 is 2.65 bits per heavy atom. The van der Waals surface area contributed by atoms with Gasteiger partial charge in [0.1, 0.15) is 5.57 Å². The van der Waals surface area contributed by atoms with Gasteiger partial charge < -0.3 is 4.57 Å². The molecule has 1 aliphatic rings. The molecule has 26 heavy (non-hydrogen) atoms. The van der Waals surface area contributed by atoms with Crippen LogP contribution in [0.2, 0.25) is 0 Å². The van der Waals surface area contributed by atoms with Crippen molar-refractivity contribution in [1.82, 2.24) is 14.8 Å². The summed E-state index contributed by atoms with van der Waals surface area (Å²) in [6.45, 7) is 6.91. The van der Waals surface area contributed by atoms with E-state index in [1.54, 1.807) is 6.08 Å². The lowest BCUT2D eigenvalue weighted by atomic mass is 10.1. The third-order valence-electron chi connectivity index (χ3n) is 4.75. The van der Waals surface area contributed by atoms with E-state index in [9.17, 15) is 9.59 Å². The second-order valence-corrected chi connectivity index (χ2v) is 6.93. The van der Waals surface area contributed by atoms with Gasteiger partial charge in [-0.2, -0.15) is 0 Å². The van der Waals surface area contributed by atoms with Crippen molar-refractivity contribution < 1.29 is 9.59 Å². The van der Waals surface area contributed by atoms with Crippen LogP contribution in [0, 0.1) is 0 Å². The number of aromatic nitrogens is 1. The molecule has 2 heterocycles. The molecule has 1 fully saturated rings. The van der Waals surface area contributed by atoms with Gasteiger partial charge in [-0.1, -0.05) is 32.0 Å². The van der Waals surface area contributed by atoms with E-state index in [0.717, 1.165) is 35.9 Å². The number of carbonyl (C=O) groups excluding carboxylic acids is 2. The molecule has 5 nitrogen and oxygen atoms in total. The maximum absolute atomic E-state index is 12.9. The van der Waals surface area contributed by atoms with Crippen molar-refractivity contribution in [3.63, 3.8) is 0 Å². The zero-order chi connectivity index (χ0) is 18.8. The number of hydrogen-bond acceptors (Lipinski definition) is 3. The maximum Gasteiger partial charge on any atom is 0.265 e. The third-order valence-corrected chi connectivity index (χ3v) is 5.05. The number of carbonyl (C=O) groups is 2. The van der Waals surface area contributed by atoms with Gasteiger partial charge in [-0.3, -0.25) is 19.8 Å². The fourth-order valence-corrected chi connectivity index (χ4v) is 3.58. The van der Waals surface area contributed by atoms with Crippen LogP contribution in [0.5, 0.6) is 0 Å². The van der Waals surface area contributed by atoms with Gasteiger partial charge in [0.05, 0.1) is 0 Å². The molecule has 1 saturated heterocycles. The number of nitrogens with zero attached hydrogens (tertiary/aromatic N) is 2. The standard InChI is InChI=1S/C20H23N3O2S/c1-4-10-22-12-14(15-8-6-7-9-17(15)22)11-16-18(24)21-20(26)23(19(16)25)13(3)5-2/h6-9,11-13H,4-5,10H2,1-3H3,(H,21,24,26). The smallest absolute Gasteiger partial charge is 0.265 e. The Morgan fingerprint density at radius 2 is 1.96 bits per heavy atom. The van der Waals surface area contributed by atoms with Gasteiger partial charge in [0.15, 0.2) is 5.11 Å². The molecule has 1 N–H and O–H groups in total. The Balaban J connectivity index is 2.08. The number of amides is 2. The molecule has 0 spiro atoms. The van der Waals surface area contributed by atoms with Crippen molar-refractivity contribution in [2.24, 2.45) is 0 Å². The van der Waals surface area contributed by atoms with E-state index >= 15 is 0 Å². The highest BCUT2D eigenvalue weighted by molar-refractivity contribution is 7.80. The molecule has 0 saturated carbocycles. The number of para-hydroxylation sites is 1. The summed E-state index contributed by atoms with van der Waals surface area (Å²) in [5.74, 6) is -0.771. The van der Waals surface area contributed by atoms with Crippen LogP contribution in [0.25, 0.3) is 17.0 Å². The van der Waals surface area contributed by atoms with Gasteiger partial charge in [0.25, 0.3) is 11.8 Å². The number of thiocarbonyl (C=S) groups is 1. The third kappa shape index (κ3) is 3.17.